The lowest BCUT2D eigenvalue weighted by atomic mass is 10.1. The van der Waals surface area contributed by atoms with Crippen LogP contribution < -0.4 is 5.32 Å². The Labute approximate surface area is 164 Å². The number of imidazole rings is 1. The predicted molar refractivity (Wildman–Crippen MR) is 111 cm³/mol. The maximum atomic E-state index is 12.2. The van der Waals surface area contributed by atoms with Gasteiger partial charge in [-0.25, -0.2) is 9.97 Å². The third-order valence-corrected chi connectivity index (χ3v) is 4.68. The molecule has 0 atom stereocenters. The number of nitrogens with zero attached hydrogens (tertiary/aromatic N) is 3. The molecule has 2 heterocycles. The SMILES string of the molecule is O=C(CCc1ccccc1)NCCn1c(-c2ccccc2)nc2cccnc21. The number of nitrogens with one attached hydrogen (secondary N) is 1. The lowest BCUT2D eigenvalue weighted by molar-refractivity contribution is -0.121. The summed E-state index contributed by atoms with van der Waals surface area (Å²) in [6.45, 7) is 1.16. The average Bonchev–Trinajstić information content (AvgIpc) is 3.12. The van der Waals surface area contributed by atoms with Gasteiger partial charge in [-0.05, 0) is 24.1 Å². The lowest BCUT2D eigenvalue weighted by Crippen LogP contribution is -2.27. The maximum absolute atomic E-state index is 12.2. The molecule has 2 aromatic heterocycles. The van der Waals surface area contributed by atoms with Gasteiger partial charge in [-0.1, -0.05) is 60.7 Å². The first-order chi connectivity index (χ1) is 13.8. The molecule has 2 aromatic carbocycles. The first-order valence-corrected chi connectivity index (χ1v) is 9.48. The predicted octanol–water partition coefficient (Wildman–Crippen LogP) is 3.85. The Morgan fingerprint density at radius 3 is 2.46 bits per heavy atom. The average molecular weight is 370 g/mol. The summed E-state index contributed by atoms with van der Waals surface area (Å²) in [6, 6.07) is 24.0. The van der Waals surface area contributed by atoms with E-state index in [4.69, 9.17) is 4.98 Å². The molecule has 5 nitrogen and oxygen atoms in total. The molecule has 0 saturated heterocycles. The minimum atomic E-state index is 0.0579. The number of hydrogen-bond acceptors (Lipinski definition) is 3. The van der Waals surface area contributed by atoms with Crippen molar-refractivity contribution < 1.29 is 4.79 Å². The Morgan fingerprint density at radius 2 is 1.68 bits per heavy atom. The highest BCUT2D eigenvalue weighted by atomic mass is 16.1. The second kappa shape index (κ2) is 8.48. The molecule has 1 amide bonds. The fourth-order valence-electron chi connectivity index (χ4n) is 3.28. The van der Waals surface area contributed by atoms with Gasteiger partial charge < -0.3 is 9.88 Å². The van der Waals surface area contributed by atoms with Crippen molar-refractivity contribution in [2.75, 3.05) is 6.54 Å². The molecule has 0 fully saturated rings. The van der Waals surface area contributed by atoms with Crippen LogP contribution in [-0.2, 0) is 17.8 Å². The molecule has 5 heteroatoms. The Hall–Kier alpha value is -3.47. The highest BCUT2D eigenvalue weighted by molar-refractivity contribution is 5.77. The number of hydrogen-bond donors (Lipinski definition) is 1. The largest absolute Gasteiger partial charge is 0.354 e. The standard InChI is InChI=1S/C23H22N4O/c28-21(14-13-18-8-3-1-4-9-18)24-16-17-27-22(19-10-5-2-6-11-19)26-20-12-7-15-25-23(20)27/h1-12,15H,13-14,16-17H2,(H,24,28). The zero-order chi connectivity index (χ0) is 19.2. The van der Waals surface area contributed by atoms with Crippen LogP contribution in [0.15, 0.2) is 79.0 Å². The zero-order valence-corrected chi connectivity index (χ0v) is 15.6. The van der Waals surface area contributed by atoms with Crippen LogP contribution >= 0.6 is 0 Å². The summed E-state index contributed by atoms with van der Waals surface area (Å²) in [5.41, 5.74) is 3.90. The molecule has 4 aromatic rings. The van der Waals surface area contributed by atoms with Crippen LogP contribution in [0.5, 0.6) is 0 Å². The summed E-state index contributed by atoms with van der Waals surface area (Å²) in [7, 11) is 0. The van der Waals surface area contributed by atoms with Gasteiger partial charge in [-0.2, -0.15) is 0 Å². The van der Waals surface area contributed by atoms with Crippen molar-refractivity contribution in [3.63, 3.8) is 0 Å². The van der Waals surface area contributed by atoms with Gasteiger partial charge in [0.15, 0.2) is 5.65 Å². The van der Waals surface area contributed by atoms with Gasteiger partial charge in [0.1, 0.15) is 11.3 Å². The molecule has 0 aliphatic rings. The lowest BCUT2D eigenvalue weighted by Gasteiger charge is -2.10. The van der Waals surface area contributed by atoms with Gasteiger partial charge >= 0.3 is 0 Å². The summed E-state index contributed by atoms with van der Waals surface area (Å²) >= 11 is 0. The van der Waals surface area contributed by atoms with Crippen LogP contribution in [-0.4, -0.2) is 27.0 Å². The van der Waals surface area contributed by atoms with Crippen molar-refractivity contribution >= 4 is 17.1 Å². The molecule has 0 aliphatic carbocycles. The second-order valence-corrected chi connectivity index (χ2v) is 6.63. The fourth-order valence-corrected chi connectivity index (χ4v) is 3.28. The minimum Gasteiger partial charge on any atom is -0.354 e. The van der Waals surface area contributed by atoms with Crippen LogP contribution in [0.2, 0.25) is 0 Å². The quantitative estimate of drug-likeness (QED) is 0.538. The third-order valence-electron chi connectivity index (χ3n) is 4.68. The van der Waals surface area contributed by atoms with Crippen molar-refractivity contribution in [2.24, 2.45) is 0 Å². The van der Waals surface area contributed by atoms with Gasteiger partial charge in [0.2, 0.25) is 5.91 Å². The number of carbonyl (C=O) groups is 1. The van der Waals surface area contributed by atoms with Crippen LogP contribution in [0.25, 0.3) is 22.6 Å². The Bertz CT molecular complexity index is 1060. The van der Waals surface area contributed by atoms with E-state index in [-0.39, 0.29) is 5.91 Å². The van der Waals surface area contributed by atoms with E-state index in [2.05, 4.69) is 14.9 Å². The maximum Gasteiger partial charge on any atom is 0.220 e. The number of benzene rings is 2. The molecule has 4 rings (SSSR count). The van der Waals surface area contributed by atoms with Gasteiger partial charge in [0, 0.05) is 31.3 Å². The highest BCUT2D eigenvalue weighted by Crippen LogP contribution is 2.23. The number of fused-ring (bicyclic) bond motifs is 1. The number of rotatable bonds is 7. The van der Waals surface area contributed by atoms with E-state index in [1.165, 1.54) is 5.56 Å². The molecule has 1 N–H and O–H groups in total. The van der Waals surface area contributed by atoms with Gasteiger partial charge in [0.05, 0.1) is 0 Å². The number of aryl methyl sites for hydroxylation is 1. The van der Waals surface area contributed by atoms with Crippen molar-refractivity contribution in [3.8, 4) is 11.4 Å². The highest BCUT2D eigenvalue weighted by Gasteiger charge is 2.13. The normalized spacial score (nSPS) is 10.9. The number of pyridine rings is 1. The summed E-state index contributed by atoms with van der Waals surface area (Å²) in [6.07, 6.45) is 3.00. The molecule has 0 saturated carbocycles. The van der Waals surface area contributed by atoms with E-state index in [9.17, 15) is 4.79 Å². The molecular weight excluding hydrogens is 348 g/mol. The topological polar surface area (TPSA) is 59.8 Å². The zero-order valence-electron chi connectivity index (χ0n) is 15.6. The van der Waals surface area contributed by atoms with Crippen LogP contribution in [0.4, 0.5) is 0 Å². The molecule has 0 aliphatic heterocycles. The second-order valence-electron chi connectivity index (χ2n) is 6.63. The Balaban J connectivity index is 1.43. The molecular formula is C23H22N4O. The summed E-state index contributed by atoms with van der Waals surface area (Å²) < 4.78 is 2.07. The Kier molecular flexibility index (Phi) is 5.43. The minimum absolute atomic E-state index is 0.0579. The van der Waals surface area contributed by atoms with Gasteiger partial charge in [-0.3, -0.25) is 4.79 Å². The summed E-state index contributed by atoms with van der Waals surface area (Å²) in [5, 5.41) is 3.02. The number of amides is 1. The number of aromatic nitrogens is 3. The molecule has 28 heavy (non-hydrogen) atoms. The van der Waals surface area contributed by atoms with Gasteiger partial charge in [0.25, 0.3) is 0 Å². The fraction of sp³-hybridized carbons (Fsp3) is 0.174. The van der Waals surface area contributed by atoms with Crippen LogP contribution in [0.1, 0.15) is 12.0 Å². The van der Waals surface area contributed by atoms with Crippen molar-refractivity contribution in [2.45, 2.75) is 19.4 Å². The molecule has 140 valence electrons. The van der Waals surface area contributed by atoms with E-state index in [0.29, 0.717) is 19.5 Å². The van der Waals surface area contributed by atoms with E-state index < -0.39 is 0 Å². The Morgan fingerprint density at radius 1 is 0.929 bits per heavy atom. The van der Waals surface area contributed by atoms with Crippen LogP contribution in [0, 0.1) is 0 Å². The number of carbonyl (C=O) groups excluding carboxylic acids is 1. The molecule has 0 spiro atoms. The molecule has 0 unspecified atom stereocenters. The van der Waals surface area contributed by atoms with Crippen molar-refractivity contribution in [1.29, 1.82) is 0 Å². The van der Waals surface area contributed by atoms with Crippen LogP contribution in [0.3, 0.4) is 0 Å². The molecule has 0 bridgehead atoms. The van der Waals surface area contributed by atoms with Crippen molar-refractivity contribution in [3.05, 3.63) is 84.6 Å². The smallest absolute Gasteiger partial charge is 0.220 e. The van der Waals surface area contributed by atoms with Gasteiger partial charge in [-0.15, -0.1) is 0 Å². The van der Waals surface area contributed by atoms with E-state index in [0.717, 1.165) is 29.0 Å². The monoisotopic (exact) mass is 370 g/mol. The first kappa shape index (κ1) is 17.9. The van der Waals surface area contributed by atoms with E-state index in [1.807, 2.05) is 72.8 Å². The third kappa shape index (κ3) is 4.09. The summed E-state index contributed by atoms with van der Waals surface area (Å²) in [4.78, 5) is 21.4. The van der Waals surface area contributed by atoms with E-state index >= 15 is 0 Å². The van der Waals surface area contributed by atoms with Crippen molar-refractivity contribution in [1.82, 2.24) is 19.9 Å². The first-order valence-electron chi connectivity index (χ1n) is 9.48. The van der Waals surface area contributed by atoms with E-state index in [1.54, 1.807) is 6.20 Å². The molecule has 0 radical (unpaired) electrons. The summed E-state index contributed by atoms with van der Waals surface area (Å²) in [5.74, 6) is 0.926.